The van der Waals surface area contributed by atoms with Gasteiger partial charge < -0.3 is 0 Å². The molecule has 0 unspecified atom stereocenters. The molecule has 1 heteroatoms. The highest BCUT2D eigenvalue weighted by molar-refractivity contribution is 5.95. The van der Waals surface area contributed by atoms with Gasteiger partial charge in [0.25, 0.3) is 0 Å². The molecule has 1 nitrogen and oxygen atoms in total. The molecule has 110 valence electrons. The van der Waals surface area contributed by atoms with Crippen molar-refractivity contribution in [1.82, 2.24) is 0 Å². The highest BCUT2D eigenvalue weighted by Crippen LogP contribution is 2.67. The van der Waals surface area contributed by atoms with E-state index in [0.29, 0.717) is 11.7 Å². The number of allylic oxidation sites excluding steroid dienone is 2. The smallest absolute Gasteiger partial charge is 0.141 e. The molecule has 3 aliphatic carbocycles. The average molecular weight is 280 g/mol. The third-order valence-electron chi connectivity index (χ3n) is 6.87. The van der Waals surface area contributed by atoms with Gasteiger partial charge in [0.1, 0.15) is 5.78 Å². The van der Waals surface area contributed by atoms with Gasteiger partial charge in [-0.1, -0.05) is 58.0 Å². The summed E-state index contributed by atoms with van der Waals surface area (Å²) in [5.41, 5.74) is 4.31. The number of carbonyl (C=O) groups excluding carboxylic acids is 1. The van der Waals surface area contributed by atoms with Crippen molar-refractivity contribution >= 4 is 5.78 Å². The number of hydrogen-bond acceptors (Lipinski definition) is 1. The zero-order chi connectivity index (χ0) is 15.0. The first-order valence-electron chi connectivity index (χ1n) is 8.26. The van der Waals surface area contributed by atoms with Gasteiger partial charge in [-0.2, -0.15) is 0 Å². The van der Waals surface area contributed by atoms with E-state index >= 15 is 0 Å². The molecule has 0 aliphatic heterocycles. The Balaban J connectivity index is 2.01. The van der Waals surface area contributed by atoms with Crippen molar-refractivity contribution in [1.29, 1.82) is 0 Å². The predicted molar refractivity (Wildman–Crippen MR) is 85.4 cm³/mol. The number of aryl methyl sites for hydroxylation is 1. The summed E-state index contributed by atoms with van der Waals surface area (Å²) in [5, 5.41) is 0. The Kier molecular flexibility index (Phi) is 2.46. The summed E-state index contributed by atoms with van der Waals surface area (Å²) < 4.78 is 0. The maximum Gasteiger partial charge on any atom is 0.141 e. The largest absolute Gasteiger partial charge is 0.299 e. The second-order valence-corrected chi connectivity index (χ2v) is 7.83. The Hall–Kier alpha value is -1.37. The van der Waals surface area contributed by atoms with Crippen LogP contribution in [0.25, 0.3) is 0 Å². The second-order valence-electron chi connectivity index (χ2n) is 7.83. The van der Waals surface area contributed by atoms with Crippen molar-refractivity contribution in [3.8, 4) is 0 Å². The number of fused-ring (bicyclic) bond motifs is 4. The minimum Gasteiger partial charge on any atom is -0.299 e. The van der Waals surface area contributed by atoms with Crippen molar-refractivity contribution in [2.75, 3.05) is 0 Å². The fraction of sp³-hybridized carbons (Fsp3) is 0.550. The number of Topliss-reactive ketones (excluding diaryl/α,β-unsaturated/α-hetero) is 1. The van der Waals surface area contributed by atoms with E-state index in [1.54, 1.807) is 0 Å². The van der Waals surface area contributed by atoms with Gasteiger partial charge in [-0.25, -0.2) is 0 Å². The summed E-state index contributed by atoms with van der Waals surface area (Å²) in [6.45, 7) is 9.16. The zero-order valence-corrected chi connectivity index (χ0v) is 13.4. The minimum atomic E-state index is -0.0392. The highest BCUT2D eigenvalue weighted by atomic mass is 16.1. The molecule has 1 aromatic rings. The van der Waals surface area contributed by atoms with E-state index in [1.807, 2.05) is 0 Å². The lowest BCUT2D eigenvalue weighted by molar-refractivity contribution is -0.147. The van der Waals surface area contributed by atoms with Crippen LogP contribution in [0.4, 0.5) is 0 Å². The van der Waals surface area contributed by atoms with E-state index in [-0.39, 0.29) is 22.7 Å². The molecule has 0 amide bonds. The third kappa shape index (κ3) is 1.36. The lowest BCUT2D eigenvalue weighted by Crippen LogP contribution is -2.60. The third-order valence-corrected chi connectivity index (χ3v) is 6.87. The Morgan fingerprint density at radius 1 is 1.24 bits per heavy atom. The summed E-state index contributed by atoms with van der Waals surface area (Å²) >= 11 is 0. The average Bonchev–Trinajstić information content (AvgIpc) is 2.69. The van der Waals surface area contributed by atoms with Crippen molar-refractivity contribution in [2.45, 2.75) is 51.9 Å². The first-order chi connectivity index (χ1) is 9.91. The van der Waals surface area contributed by atoms with Gasteiger partial charge in [0.15, 0.2) is 0 Å². The maximum atomic E-state index is 12.7. The van der Waals surface area contributed by atoms with Crippen LogP contribution in [0.1, 0.15) is 56.7 Å². The van der Waals surface area contributed by atoms with Crippen LogP contribution >= 0.6 is 0 Å². The van der Waals surface area contributed by atoms with Gasteiger partial charge in [0, 0.05) is 23.2 Å². The second kappa shape index (κ2) is 3.88. The SMILES string of the molecule is CCc1ccc2c(c1)[C@@H]1[C@H]3C(=O)[C@@H]1CC=C[C@@]3(C)C2(C)C. The first kappa shape index (κ1) is 13.3. The molecular weight excluding hydrogens is 256 g/mol. The number of carbonyl (C=O) groups is 1. The molecule has 21 heavy (non-hydrogen) atoms. The van der Waals surface area contributed by atoms with Crippen LogP contribution in [0.5, 0.6) is 0 Å². The molecule has 2 bridgehead atoms. The van der Waals surface area contributed by atoms with Crippen molar-refractivity contribution < 1.29 is 4.79 Å². The lowest BCUT2D eigenvalue weighted by Gasteiger charge is -2.60. The van der Waals surface area contributed by atoms with Crippen LogP contribution in [0.15, 0.2) is 30.4 Å². The topological polar surface area (TPSA) is 17.1 Å². The van der Waals surface area contributed by atoms with Gasteiger partial charge in [-0.15, -0.1) is 0 Å². The summed E-state index contributed by atoms with van der Waals surface area (Å²) in [7, 11) is 0. The van der Waals surface area contributed by atoms with Crippen molar-refractivity contribution in [2.24, 2.45) is 17.3 Å². The standard InChI is InChI=1S/C20H24O/c1-5-12-8-9-15-14(11-12)16-13-7-6-10-20(4,19(15,2)3)17(16)18(13)21/h6,8-11,13,16-17H,5,7H2,1-4H3/t13-,16-,17+,20-/m1/s1. The van der Waals surface area contributed by atoms with Gasteiger partial charge in [-0.3, -0.25) is 4.79 Å². The fourth-order valence-corrected chi connectivity index (χ4v) is 5.15. The van der Waals surface area contributed by atoms with Gasteiger partial charge in [0.05, 0.1) is 0 Å². The number of benzene rings is 1. The Bertz CT molecular complexity index is 666. The molecule has 0 heterocycles. The molecule has 0 saturated heterocycles. The van der Waals surface area contributed by atoms with Crippen LogP contribution in [0.3, 0.4) is 0 Å². The molecule has 0 radical (unpaired) electrons. The highest BCUT2D eigenvalue weighted by Gasteiger charge is 2.65. The molecule has 0 aromatic heterocycles. The number of rotatable bonds is 1. The lowest BCUT2D eigenvalue weighted by atomic mass is 9.41. The van der Waals surface area contributed by atoms with E-state index in [2.05, 4.69) is 58.0 Å². The molecule has 4 atom stereocenters. The Labute approximate surface area is 127 Å². The Morgan fingerprint density at radius 2 is 2.00 bits per heavy atom. The molecule has 1 aromatic carbocycles. The molecule has 4 rings (SSSR count). The maximum absolute atomic E-state index is 12.7. The quantitative estimate of drug-likeness (QED) is 0.697. The zero-order valence-electron chi connectivity index (χ0n) is 13.4. The van der Waals surface area contributed by atoms with Crippen molar-refractivity contribution in [3.63, 3.8) is 0 Å². The van der Waals surface area contributed by atoms with E-state index < -0.39 is 0 Å². The van der Waals surface area contributed by atoms with Crippen LogP contribution in [-0.2, 0) is 16.6 Å². The van der Waals surface area contributed by atoms with Crippen LogP contribution in [-0.4, -0.2) is 5.78 Å². The van der Waals surface area contributed by atoms with E-state index in [0.717, 1.165) is 12.8 Å². The normalized spacial score (nSPS) is 38.5. The molecule has 0 N–H and O–H groups in total. The van der Waals surface area contributed by atoms with Crippen LogP contribution in [0, 0.1) is 17.3 Å². The summed E-state index contributed by atoms with van der Waals surface area (Å²) in [6, 6.07) is 7.00. The van der Waals surface area contributed by atoms with Crippen LogP contribution < -0.4 is 0 Å². The molecular formula is C20H24O. The Morgan fingerprint density at radius 3 is 2.71 bits per heavy atom. The summed E-state index contributed by atoms with van der Waals surface area (Å²) in [4.78, 5) is 12.7. The summed E-state index contributed by atoms with van der Waals surface area (Å²) in [5.74, 6) is 1.38. The van der Waals surface area contributed by atoms with Gasteiger partial charge >= 0.3 is 0 Å². The first-order valence-corrected chi connectivity index (χ1v) is 8.26. The predicted octanol–water partition coefficient (Wildman–Crippen LogP) is 4.41. The number of ketones is 1. The van der Waals surface area contributed by atoms with E-state index in [1.165, 1.54) is 16.7 Å². The molecule has 1 saturated carbocycles. The minimum absolute atomic E-state index is 0.0112. The number of hydrogen-bond donors (Lipinski definition) is 0. The van der Waals surface area contributed by atoms with E-state index in [4.69, 9.17) is 0 Å². The fourth-order valence-electron chi connectivity index (χ4n) is 5.15. The van der Waals surface area contributed by atoms with Crippen molar-refractivity contribution in [3.05, 3.63) is 47.0 Å². The monoisotopic (exact) mass is 280 g/mol. The molecule has 1 fully saturated rings. The summed E-state index contributed by atoms with van der Waals surface area (Å²) in [6.07, 6.45) is 6.63. The van der Waals surface area contributed by atoms with Gasteiger partial charge in [-0.05, 0) is 34.9 Å². The molecule has 0 spiro atoms. The molecule has 3 aliphatic rings. The van der Waals surface area contributed by atoms with Crippen LogP contribution in [0.2, 0.25) is 0 Å². The van der Waals surface area contributed by atoms with E-state index in [9.17, 15) is 4.79 Å². The van der Waals surface area contributed by atoms with Gasteiger partial charge in [0.2, 0.25) is 0 Å².